The normalized spacial score (nSPS) is 21.9. The van der Waals surface area contributed by atoms with Gasteiger partial charge in [0.1, 0.15) is 11.3 Å². The van der Waals surface area contributed by atoms with Crippen molar-refractivity contribution in [2.75, 3.05) is 44.7 Å². The molecule has 3 aliphatic heterocycles. The number of likely N-dealkylation sites (N-methyl/N-ethyl adjacent to an activating group) is 1. The summed E-state index contributed by atoms with van der Waals surface area (Å²) in [6, 6.07) is 14.7. The topological polar surface area (TPSA) is 56.3 Å². The van der Waals surface area contributed by atoms with Crippen LogP contribution < -0.4 is 9.64 Å². The Morgan fingerprint density at radius 3 is 2.24 bits per heavy atom. The van der Waals surface area contributed by atoms with E-state index in [0.717, 1.165) is 51.3 Å². The third kappa shape index (κ3) is 4.08. The number of likely N-dealkylation sites (tertiary alicyclic amines) is 1. The van der Waals surface area contributed by atoms with Gasteiger partial charge >= 0.3 is 6.03 Å². The van der Waals surface area contributed by atoms with Gasteiger partial charge in [-0.15, -0.1) is 0 Å². The molecule has 0 radical (unpaired) electrons. The molecule has 37 heavy (non-hydrogen) atoms. The molecule has 3 heterocycles. The summed E-state index contributed by atoms with van der Waals surface area (Å²) in [4.78, 5) is 35.8. The van der Waals surface area contributed by atoms with Crippen molar-refractivity contribution in [3.8, 4) is 5.75 Å². The number of hydrogen-bond donors (Lipinski definition) is 0. The van der Waals surface area contributed by atoms with Crippen LogP contribution in [0.25, 0.3) is 0 Å². The smallest absolute Gasteiger partial charge is 0.327 e. The Balaban J connectivity index is 1.15. The van der Waals surface area contributed by atoms with E-state index in [1.165, 1.54) is 35.2 Å². The number of fused-ring (bicyclic) bond motifs is 1. The molecule has 196 valence electrons. The predicted octanol–water partition coefficient (Wildman–Crippen LogP) is 4.08. The average Bonchev–Trinajstić information content (AvgIpc) is 3.64. The number of anilines is 1. The molecule has 4 aliphatic rings. The molecule has 3 amide bonds. The first-order valence-corrected chi connectivity index (χ1v) is 13.9. The third-order valence-electron chi connectivity index (χ3n) is 9.10. The maximum atomic E-state index is 13.9. The summed E-state index contributed by atoms with van der Waals surface area (Å²) in [6.45, 7) is 7.14. The van der Waals surface area contributed by atoms with Crippen molar-refractivity contribution in [3.63, 3.8) is 0 Å². The second-order valence-electron chi connectivity index (χ2n) is 11.0. The van der Waals surface area contributed by atoms with E-state index in [1.807, 2.05) is 24.0 Å². The first-order valence-electron chi connectivity index (χ1n) is 13.9. The number of imide groups is 1. The van der Waals surface area contributed by atoms with Crippen LogP contribution in [0.4, 0.5) is 10.5 Å². The molecule has 0 atom stereocenters. The third-order valence-corrected chi connectivity index (χ3v) is 9.10. The number of carbonyl (C=O) groups is 2. The summed E-state index contributed by atoms with van der Waals surface area (Å²) in [5.74, 6) is 0.948. The highest BCUT2D eigenvalue weighted by atomic mass is 16.5. The van der Waals surface area contributed by atoms with E-state index in [9.17, 15) is 9.59 Å². The molecule has 2 aromatic carbocycles. The second-order valence-corrected chi connectivity index (χ2v) is 11.0. The molecule has 6 rings (SSSR count). The fraction of sp³-hybridized carbons (Fsp3) is 0.533. The van der Waals surface area contributed by atoms with Crippen molar-refractivity contribution in [2.45, 2.75) is 63.6 Å². The lowest BCUT2D eigenvalue weighted by atomic mass is 9.85. The highest BCUT2D eigenvalue weighted by Crippen LogP contribution is 2.41. The van der Waals surface area contributed by atoms with Gasteiger partial charge in [0.25, 0.3) is 5.91 Å². The number of rotatable bonds is 6. The fourth-order valence-corrected chi connectivity index (χ4v) is 7.06. The molecule has 1 aliphatic carbocycles. The van der Waals surface area contributed by atoms with Gasteiger partial charge in [-0.25, -0.2) is 4.79 Å². The van der Waals surface area contributed by atoms with Crippen molar-refractivity contribution in [2.24, 2.45) is 0 Å². The van der Waals surface area contributed by atoms with Crippen LogP contribution >= 0.6 is 0 Å². The van der Waals surface area contributed by atoms with Gasteiger partial charge in [0.05, 0.1) is 7.11 Å². The van der Waals surface area contributed by atoms with Gasteiger partial charge in [-0.05, 0) is 62.6 Å². The number of nitrogens with zero attached hydrogens (tertiary/aromatic N) is 4. The Hall–Kier alpha value is -3.06. The number of methoxy groups -OCH3 is 1. The SMILES string of the molecule is CCN1C(=O)N(C2Cc3ccccc3C2)C(=O)C12CCN(Cc1ccc(N3CCCC3)cc1OC)CC2. The molecule has 0 N–H and O–H groups in total. The van der Waals surface area contributed by atoms with Crippen LogP contribution in [0, 0.1) is 0 Å². The summed E-state index contributed by atoms with van der Waals surface area (Å²) in [7, 11) is 1.75. The van der Waals surface area contributed by atoms with E-state index < -0.39 is 5.54 Å². The minimum Gasteiger partial charge on any atom is -0.496 e. The lowest BCUT2D eigenvalue weighted by Gasteiger charge is -2.42. The Labute approximate surface area is 220 Å². The summed E-state index contributed by atoms with van der Waals surface area (Å²) < 4.78 is 5.78. The van der Waals surface area contributed by atoms with Crippen LogP contribution in [0.5, 0.6) is 5.75 Å². The highest BCUT2D eigenvalue weighted by Gasteiger charge is 2.59. The van der Waals surface area contributed by atoms with E-state index in [1.54, 1.807) is 12.0 Å². The largest absolute Gasteiger partial charge is 0.496 e. The number of hydrogen-bond acceptors (Lipinski definition) is 5. The van der Waals surface area contributed by atoms with Crippen LogP contribution in [0.2, 0.25) is 0 Å². The van der Waals surface area contributed by atoms with Gasteiger partial charge in [-0.1, -0.05) is 30.3 Å². The number of carbonyl (C=O) groups excluding carboxylic acids is 2. The zero-order chi connectivity index (χ0) is 25.6. The number of urea groups is 1. The van der Waals surface area contributed by atoms with Crippen molar-refractivity contribution in [3.05, 3.63) is 59.2 Å². The van der Waals surface area contributed by atoms with E-state index in [-0.39, 0.29) is 18.0 Å². The molecule has 7 nitrogen and oxygen atoms in total. The molecule has 7 heteroatoms. The van der Waals surface area contributed by atoms with Crippen LogP contribution in [0.1, 0.15) is 49.3 Å². The highest BCUT2D eigenvalue weighted by molar-refractivity contribution is 6.07. The van der Waals surface area contributed by atoms with Crippen LogP contribution in [-0.2, 0) is 24.2 Å². The lowest BCUT2D eigenvalue weighted by Crippen LogP contribution is -2.56. The van der Waals surface area contributed by atoms with E-state index >= 15 is 0 Å². The van der Waals surface area contributed by atoms with Gasteiger partial charge < -0.3 is 14.5 Å². The molecule has 2 aromatic rings. The van der Waals surface area contributed by atoms with Gasteiger partial charge in [-0.3, -0.25) is 14.6 Å². The molecule has 3 saturated heterocycles. The van der Waals surface area contributed by atoms with Crippen molar-refractivity contribution < 1.29 is 14.3 Å². The van der Waals surface area contributed by atoms with Gasteiger partial charge in [0.15, 0.2) is 0 Å². The fourth-order valence-electron chi connectivity index (χ4n) is 7.06. The Bertz CT molecular complexity index is 1160. The summed E-state index contributed by atoms with van der Waals surface area (Å²) in [5, 5.41) is 0. The predicted molar refractivity (Wildman–Crippen MR) is 144 cm³/mol. The Morgan fingerprint density at radius 2 is 1.62 bits per heavy atom. The first-order chi connectivity index (χ1) is 18.0. The Kier molecular flexibility index (Phi) is 6.35. The molecule has 0 bridgehead atoms. The molecular formula is C30H38N4O3. The van der Waals surface area contributed by atoms with Crippen LogP contribution in [-0.4, -0.2) is 78.1 Å². The van der Waals surface area contributed by atoms with Crippen molar-refractivity contribution in [1.82, 2.24) is 14.7 Å². The summed E-state index contributed by atoms with van der Waals surface area (Å²) >= 11 is 0. The summed E-state index contributed by atoms with van der Waals surface area (Å²) in [5.41, 5.74) is 4.22. The van der Waals surface area contributed by atoms with Crippen LogP contribution in [0.15, 0.2) is 42.5 Å². The lowest BCUT2D eigenvalue weighted by molar-refractivity contribution is -0.137. The molecule has 1 spiro atoms. The minimum atomic E-state index is -0.708. The van der Waals surface area contributed by atoms with E-state index in [0.29, 0.717) is 19.4 Å². The maximum Gasteiger partial charge on any atom is 0.327 e. The van der Waals surface area contributed by atoms with Crippen molar-refractivity contribution >= 4 is 17.6 Å². The Morgan fingerprint density at radius 1 is 0.946 bits per heavy atom. The van der Waals surface area contributed by atoms with E-state index in [2.05, 4.69) is 40.1 Å². The number of piperidine rings is 1. The summed E-state index contributed by atoms with van der Waals surface area (Å²) in [6.07, 6.45) is 5.38. The molecular weight excluding hydrogens is 464 g/mol. The molecule has 0 aromatic heterocycles. The van der Waals surface area contributed by atoms with Gasteiger partial charge in [0.2, 0.25) is 0 Å². The average molecular weight is 503 g/mol. The monoisotopic (exact) mass is 502 g/mol. The molecule has 0 saturated carbocycles. The number of benzene rings is 2. The van der Waals surface area contributed by atoms with Gasteiger partial charge in [-0.2, -0.15) is 0 Å². The zero-order valence-electron chi connectivity index (χ0n) is 22.1. The van der Waals surface area contributed by atoms with Gasteiger partial charge in [0, 0.05) is 62.6 Å². The number of amides is 3. The quantitative estimate of drug-likeness (QED) is 0.557. The maximum absolute atomic E-state index is 13.9. The van der Waals surface area contributed by atoms with Crippen LogP contribution in [0.3, 0.4) is 0 Å². The van der Waals surface area contributed by atoms with Crippen molar-refractivity contribution in [1.29, 1.82) is 0 Å². The zero-order valence-corrected chi connectivity index (χ0v) is 22.1. The minimum absolute atomic E-state index is 0.0179. The van der Waals surface area contributed by atoms with E-state index in [4.69, 9.17) is 4.74 Å². The molecule has 3 fully saturated rings. The molecule has 0 unspecified atom stereocenters. The second kappa shape index (κ2) is 9.67. The number of ether oxygens (including phenoxy) is 1. The first kappa shape index (κ1) is 24.3. The standard InChI is InChI=1S/C30H38N4O3/c1-3-33-29(36)34(26-18-22-8-4-5-9-23(22)19-26)28(35)30(33)12-16-31(17-13-30)21-24-10-11-25(20-27(24)37-2)32-14-6-7-15-32/h4-5,8-11,20,26H,3,6-7,12-19,21H2,1-2H3.